The number of aliphatic hydroxyl groups excluding tert-OH is 1. The Bertz CT molecular complexity index is 2110. The van der Waals surface area contributed by atoms with Gasteiger partial charge in [-0.15, -0.1) is 0 Å². The van der Waals surface area contributed by atoms with E-state index in [-0.39, 0.29) is 37.3 Å². The Labute approximate surface area is 318 Å². The first-order chi connectivity index (χ1) is 25.4. The minimum Gasteiger partial charge on any atom is -0.394 e. The van der Waals surface area contributed by atoms with Gasteiger partial charge in [0.25, 0.3) is 5.91 Å². The van der Waals surface area contributed by atoms with Crippen LogP contribution >= 0.6 is 15.9 Å². The second-order valence-corrected chi connectivity index (χ2v) is 20.1. The highest BCUT2D eigenvalue weighted by Crippen LogP contribution is 2.60. The van der Waals surface area contributed by atoms with Crippen LogP contribution in [0.1, 0.15) is 47.6 Å². The van der Waals surface area contributed by atoms with E-state index < -0.39 is 37.6 Å². The van der Waals surface area contributed by atoms with Crippen molar-refractivity contribution in [1.29, 1.82) is 0 Å². The highest BCUT2D eigenvalue weighted by molar-refractivity contribution is 9.10. The number of ether oxygens (including phenoxy) is 1. The molecule has 0 saturated carbocycles. The summed E-state index contributed by atoms with van der Waals surface area (Å²) >= 11 is 3.61. The van der Waals surface area contributed by atoms with Crippen LogP contribution in [0.15, 0.2) is 95.5 Å². The molecule has 4 aromatic carbocycles. The third-order valence-electron chi connectivity index (χ3n) is 11.8. The second-order valence-electron chi connectivity index (χ2n) is 15.4. The molecule has 1 saturated heterocycles. The fraction of sp³-hybridized carbons (Fsp3) is 0.357. The van der Waals surface area contributed by atoms with Crippen LogP contribution in [0.25, 0.3) is 0 Å². The van der Waals surface area contributed by atoms with Gasteiger partial charge in [-0.1, -0.05) is 77.5 Å². The molecule has 5 atom stereocenters. The van der Waals surface area contributed by atoms with Gasteiger partial charge in [0.05, 0.1) is 43.1 Å². The van der Waals surface area contributed by atoms with Crippen LogP contribution in [0.2, 0.25) is 18.6 Å². The van der Waals surface area contributed by atoms with E-state index in [9.17, 15) is 19.5 Å². The lowest BCUT2D eigenvalue weighted by atomic mass is 9.82. The van der Waals surface area contributed by atoms with Crippen molar-refractivity contribution in [3.8, 4) is 0 Å². The Morgan fingerprint density at radius 1 is 0.943 bits per heavy atom. The number of halogens is 2. The summed E-state index contributed by atoms with van der Waals surface area (Å²) < 4.78 is 24.2. The lowest BCUT2D eigenvalue weighted by Gasteiger charge is -2.37. The van der Waals surface area contributed by atoms with Gasteiger partial charge in [-0.2, -0.15) is 0 Å². The standard InChI is InChI=1S/C42H43BrFN3O5Si/c1-26-40(53(2,3)44)37(22-39(50)45-24-30-10-5-4-9-29(30)20-33(45)25-48)52-42(26)34-21-31(43)15-18-36(34)46(41(42)51)23-27-12-16-32(17-13-27)47-35-11-7-6-8-28(35)14-19-38(47)49/h4-13,15-18,21,26,33,37,40,48H,14,19-20,22-25H2,1-3H3/t26-,33+,37+,40-,42+/m1/s1. The maximum absolute atomic E-state index is 16.5. The number of para-hydroxylation sites is 1. The lowest BCUT2D eigenvalue weighted by molar-refractivity contribution is -0.151. The number of amides is 3. The molecule has 4 aliphatic heterocycles. The number of hydrogen-bond acceptors (Lipinski definition) is 5. The van der Waals surface area contributed by atoms with Gasteiger partial charge >= 0.3 is 0 Å². The summed E-state index contributed by atoms with van der Waals surface area (Å²) in [7, 11) is -3.52. The third-order valence-corrected chi connectivity index (χ3v) is 14.8. The largest absolute Gasteiger partial charge is 0.394 e. The molecule has 0 aliphatic carbocycles. The number of nitrogens with zero attached hydrogens (tertiary/aromatic N) is 3. The molecule has 4 heterocycles. The number of aliphatic hydroxyl groups is 1. The molecule has 274 valence electrons. The maximum atomic E-state index is 16.5. The van der Waals surface area contributed by atoms with Gasteiger partial charge in [0.15, 0.2) is 5.60 Å². The zero-order chi connectivity index (χ0) is 37.2. The number of anilines is 3. The van der Waals surface area contributed by atoms with Crippen LogP contribution in [0, 0.1) is 5.92 Å². The van der Waals surface area contributed by atoms with Gasteiger partial charge in [0.1, 0.15) is 0 Å². The Morgan fingerprint density at radius 2 is 1.64 bits per heavy atom. The summed E-state index contributed by atoms with van der Waals surface area (Å²) in [6.07, 6.45) is 0.765. The van der Waals surface area contributed by atoms with Gasteiger partial charge < -0.3 is 23.8 Å². The number of benzene rings is 4. The first kappa shape index (κ1) is 35.8. The molecule has 0 bridgehead atoms. The third kappa shape index (κ3) is 6.05. The number of aryl methyl sites for hydroxylation is 1. The summed E-state index contributed by atoms with van der Waals surface area (Å²) in [5.74, 6) is -1.01. The molecule has 1 N–H and O–H groups in total. The molecule has 0 aromatic heterocycles. The van der Waals surface area contributed by atoms with E-state index in [1.54, 1.807) is 27.8 Å². The van der Waals surface area contributed by atoms with E-state index in [1.807, 2.05) is 91.9 Å². The molecule has 0 radical (unpaired) electrons. The molecule has 11 heteroatoms. The number of carbonyl (C=O) groups excluding carboxylic acids is 3. The first-order valence-electron chi connectivity index (χ1n) is 18.4. The number of carbonyl (C=O) groups is 3. The quantitative estimate of drug-likeness (QED) is 0.153. The van der Waals surface area contributed by atoms with Crippen LogP contribution < -0.4 is 9.80 Å². The van der Waals surface area contributed by atoms with Crippen LogP contribution in [0.4, 0.5) is 21.2 Å². The van der Waals surface area contributed by atoms with Gasteiger partial charge in [-0.3, -0.25) is 19.3 Å². The van der Waals surface area contributed by atoms with Crippen molar-refractivity contribution in [2.24, 2.45) is 5.92 Å². The lowest BCUT2D eigenvalue weighted by Crippen LogP contribution is -2.48. The van der Waals surface area contributed by atoms with Gasteiger partial charge in [0, 0.05) is 40.1 Å². The van der Waals surface area contributed by atoms with Gasteiger partial charge in [0.2, 0.25) is 20.2 Å². The topological polar surface area (TPSA) is 90.4 Å². The Kier molecular flexibility index (Phi) is 9.20. The summed E-state index contributed by atoms with van der Waals surface area (Å²) in [4.78, 5) is 47.3. The summed E-state index contributed by atoms with van der Waals surface area (Å²) in [6, 6.07) is 28.8. The fourth-order valence-electron chi connectivity index (χ4n) is 9.35. The monoisotopic (exact) mass is 795 g/mol. The number of fused-ring (bicyclic) bond motifs is 4. The second kappa shape index (κ2) is 13.6. The van der Waals surface area contributed by atoms with Crippen LogP contribution in [0.5, 0.6) is 0 Å². The number of hydrogen-bond donors (Lipinski definition) is 1. The van der Waals surface area contributed by atoms with Gasteiger partial charge in [-0.05, 0) is 84.6 Å². The Balaban J connectivity index is 1.09. The average Bonchev–Trinajstić information content (AvgIpc) is 3.56. The molecule has 4 aromatic rings. The molecule has 8 rings (SSSR count). The summed E-state index contributed by atoms with van der Waals surface area (Å²) in [5.41, 5.74) is 4.99. The van der Waals surface area contributed by atoms with Crippen LogP contribution in [-0.2, 0) is 50.7 Å². The van der Waals surface area contributed by atoms with E-state index in [0.717, 1.165) is 38.1 Å². The highest BCUT2D eigenvalue weighted by atomic mass is 79.9. The van der Waals surface area contributed by atoms with E-state index >= 15 is 4.11 Å². The predicted molar refractivity (Wildman–Crippen MR) is 208 cm³/mol. The van der Waals surface area contributed by atoms with E-state index in [0.29, 0.717) is 37.1 Å². The molecule has 8 nitrogen and oxygen atoms in total. The average molecular weight is 797 g/mol. The smallest absolute Gasteiger partial charge is 0.264 e. The van der Waals surface area contributed by atoms with Crippen LogP contribution in [-0.4, -0.2) is 54.9 Å². The minimum atomic E-state index is -3.52. The van der Waals surface area contributed by atoms with Crippen LogP contribution in [0.3, 0.4) is 0 Å². The minimum absolute atomic E-state index is 0.0406. The molecule has 3 amide bonds. The number of rotatable bonds is 7. The zero-order valence-electron chi connectivity index (χ0n) is 30.1. The van der Waals surface area contributed by atoms with Crippen molar-refractivity contribution < 1.29 is 28.3 Å². The van der Waals surface area contributed by atoms with Crippen molar-refractivity contribution in [2.45, 2.75) is 82.1 Å². The zero-order valence-corrected chi connectivity index (χ0v) is 32.7. The molecule has 0 unspecified atom stereocenters. The molecule has 1 spiro atoms. The van der Waals surface area contributed by atoms with E-state index in [4.69, 9.17) is 4.74 Å². The predicted octanol–water partition coefficient (Wildman–Crippen LogP) is 7.72. The summed E-state index contributed by atoms with van der Waals surface area (Å²) in [5, 5.41) is 10.3. The molecular formula is C42H43BrFN3O5Si. The fourth-order valence-corrected chi connectivity index (χ4v) is 12.2. The SMILES string of the molecule is C[C@@H]1[C@@H]([Si](C)(C)F)[C@H](CC(=O)N2Cc3ccccc3C[C@H]2CO)O[C@@]12C(=O)N(Cc1ccc(N3C(=O)CCc4ccccc43)cc1)c1ccc(Br)cc12. The molecule has 1 fully saturated rings. The highest BCUT2D eigenvalue weighted by Gasteiger charge is 2.67. The Hall–Kier alpha value is -4.16. The molecular weight excluding hydrogens is 753 g/mol. The normalized spacial score (nSPS) is 25.1. The van der Waals surface area contributed by atoms with Crippen molar-refractivity contribution in [3.63, 3.8) is 0 Å². The van der Waals surface area contributed by atoms with E-state index in [2.05, 4.69) is 22.0 Å². The van der Waals surface area contributed by atoms with Crippen molar-refractivity contribution in [1.82, 2.24) is 4.90 Å². The molecule has 53 heavy (non-hydrogen) atoms. The van der Waals surface area contributed by atoms with Gasteiger partial charge in [-0.25, -0.2) is 0 Å². The molecule has 4 aliphatic rings. The summed E-state index contributed by atoms with van der Waals surface area (Å²) in [6.45, 7) is 5.57. The maximum Gasteiger partial charge on any atom is 0.264 e. The first-order valence-corrected chi connectivity index (χ1v) is 22.1. The Morgan fingerprint density at radius 3 is 2.36 bits per heavy atom. The van der Waals surface area contributed by atoms with Crippen molar-refractivity contribution >= 4 is 59.1 Å². The van der Waals surface area contributed by atoms with Crippen molar-refractivity contribution in [2.75, 3.05) is 16.4 Å². The van der Waals surface area contributed by atoms with Crippen molar-refractivity contribution in [3.05, 3.63) is 123 Å². The van der Waals surface area contributed by atoms with E-state index in [1.165, 1.54) is 0 Å².